The van der Waals surface area contributed by atoms with E-state index in [0.29, 0.717) is 12.1 Å². The van der Waals surface area contributed by atoms with Gasteiger partial charge in [0.05, 0.1) is 0 Å². The van der Waals surface area contributed by atoms with Crippen molar-refractivity contribution in [2.45, 2.75) is 75.5 Å². The van der Waals surface area contributed by atoms with Gasteiger partial charge in [-0.05, 0) is 51.8 Å². The lowest BCUT2D eigenvalue weighted by atomic mass is 9.92. The van der Waals surface area contributed by atoms with Crippen molar-refractivity contribution in [3.63, 3.8) is 0 Å². The van der Waals surface area contributed by atoms with E-state index in [1.54, 1.807) is 11.8 Å². The van der Waals surface area contributed by atoms with E-state index in [2.05, 4.69) is 38.6 Å². The number of aromatic nitrogens is 3. The number of nitrogens with one attached hydrogen (secondary N) is 2. The van der Waals surface area contributed by atoms with Crippen molar-refractivity contribution < 1.29 is 4.79 Å². The molecule has 3 rings (SSSR count). The molecule has 2 atom stereocenters. The molecule has 2 N–H and O–H groups in total. The van der Waals surface area contributed by atoms with Gasteiger partial charge in [0, 0.05) is 31.0 Å². The number of halogens is 1. The highest BCUT2D eigenvalue weighted by Gasteiger charge is 2.25. The minimum absolute atomic E-state index is 0. The molecular weight excluding hydrogens is 370 g/mol. The zero-order valence-corrected chi connectivity index (χ0v) is 17.5. The van der Waals surface area contributed by atoms with Gasteiger partial charge in [-0.1, -0.05) is 24.6 Å². The van der Waals surface area contributed by atoms with E-state index < -0.39 is 0 Å². The van der Waals surface area contributed by atoms with Crippen LogP contribution in [-0.2, 0) is 11.2 Å². The number of hydrogen-bond donors (Lipinski definition) is 2. The Bertz CT molecular complexity index is 576. The van der Waals surface area contributed by atoms with Crippen LogP contribution < -0.4 is 10.6 Å². The van der Waals surface area contributed by atoms with Crippen LogP contribution in [0.2, 0.25) is 0 Å². The molecule has 0 aromatic carbocycles. The normalized spacial score (nSPS) is 23.6. The molecule has 2 aliphatic rings. The lowest BCUT2D eigenvalue weighted by Crippen LogP contribution is -2.42. The van der Waals surface area contributed by atoms with E-state index in [0.717, 1.165) is 49.8 Å². The maximum Gasteiger partial charge on any atom is 0.223 e. The Kier molecular flexibility index (Phi) is 8.70. The topological polar surface area (TPSA) is 71.8 Å². The molecule has 8 heteroatoms. The third-order valence-electron chi connectivity index (χ3n) is 5.48. The Balaban J connectivity index is 0.00000243. The number of hydrogen-bond acceptors (Lipinski definition) is 5. The SMILES string of the molecule is CSc1nnc(CCCNC(=O)[C@H]2CCN[C@@H](C)C2)n1C1CCCC1.Cl. The van der Waals surface area contributed by atoms with Gasteiger partial charge in [0.25, 0.3) is 0 Å². The highest BCUT2D eigenvalue weighted by molar-refractivity contribution is 7.98. The average molecular weight is 402 g/mol. The number of carbonyl (C=O) groups excluding carboxylic acids is 1. The lowest BCUT2D eigenvalue weighted by molar-refractivity contribution is -0.126. The second-order valence-corrected chi connectivity index (χ2v) is 8.16. The second kappa shape index (κ2) is 10.5. The fourth-order valence-corrected chi connectivity index (χ4v) is 4.69. The molecule has 1 aromatic rings. The van der Waals surface area contributed by atoms with Crippen LogP contribution in [0.25, 0.3) is 0 Å². The van der Waals surface area contributed by atoms with Crippen molar-refractivity contribution in [1.82, 2.24) is 25.4 Å². The van der Waals surface area contributed by atoms with Crippen molar-refractivity contribution >= 4 is 30.1 Å². The molecule has 1 saturated carbocycles. The van der Waals surface area contributed by atoms with Crippen LogP contribution >= 0.6 is 24.2 Å². The first-order valence-corrected chi connectivity index (χ1v) is 10.9. The predicted molar refractivity (Wildman–Crippen MR) is 108 cm³/mol. The van der Waals surface area contributed by atoms with Crippen molar-refractivity contribution in [1.29, 1.82) is 0 Å². The van der Waals surface area contributed by atoms with E-state index in [4.69, 9.17) is 0 Å². The average Bonchev–Trinajstić information content (AvgIpc) is 3.27. The van der Waals surface area contributed by atoms with Crippen LogP contribution in [-0.4, -0.2) is 46.1 Å². The van der Waals surface area contributed by atoms with E-state index in [1.807, 2.05) is 0 Å². The Hall–Kier alpha value is -0.790. The fraction of sp³-hybridized carbons (Fsp3) is 0.833. The molecule has 1 aliphatic heterocycles. The van der Waals surface area contributed by atoms with Gasteiger partial charge < -0.3 is 15.2 Å². The molecule has 148 valence electrons. The predicted octanol–water partition coefficient (Wildman–Crippen LogP) is 2.97. The summed E-state index contributed by atoms with van der Waals surface area (Å²) in [6.45, 7) is 3.82. The first kappa shape index (κ1) is 21.5. The molecular formula is C18H32ClN5OS. The molecule has 0 bridgehead atoms. The molecule has 1 aromatic heterocycles. The summed E-state index contributed by atoms with van der Waals surface area (Å²) >= 11 is 1.68. The monoisotopic (exact) mass is 401 g/mol. The molecule has 0 spiro atoms. The highest BCUT2D eigenvalue weighted by atomic mass is 35.5. The largest absolute Gasteiger partial charge is 0.356 e. The van der Waals surface area contributed by atoms with Gasteiger partial charge in [0.15, 0.2) is 5.16 Å². The number of piperidine rings is 1. The summed E-state index contributed by atoms with van der Waals surface area (Å²) in [5.41, 5.74) is 0. The molecule has 26 heavy (non-hydrogen) atoms. The van der Waals surface area contributed by atoms with Gasteiger partial charge in [-0.2, -0.15) is 0 Å². The second-order valence-electron chi connectivity index (χ2n) is 7.38. The number of nitrogens with zero attached hydrogens (tertiary/aromatic N) is 3. The number of rotatable bonds is 7. The first-order chi connectivity index (χ1) is 12.2. The molecule has 2 heterocycles. The van der Waals surface area contributed by atoms with Crippen LogP contribution in [0.15, 0.2) is 5.16 Å². The van der Waals surface area contributed by atoms with Crippen molar-refractivity contribution in [3.05, 3.63) is 5.82 Å². The van der Waals surface area contributed by atoms with Gasteiger partial charge in [0.2, 0.25) is 5.91 Å². The zero-order valence-electron chi connectivity index (χ0n) is 15.9. The molecule has 1 aliphatic carbocycles. The van der Waals surface area contributed by atoms with E-state index in [-0.39, 0.29) is 24.2 Å². The minimum atomic E-state index is 0. The third kappa shape index (κ3) is 5.36. The maximum absolute atomic E-state index is 12.3. The van der Waals surface area contributed by atoms with E-state index in [9.17, 15) is 4.79 Å². The number of carbonyl (C=O) groups is 1. The zero-order chi connectivity index (χ0) is 17.6. The van der Waals surface area contributed by atoms with Gasteiger partial charge in [-0.3, -0.25) is 4.79 Å². The summed E-state index contributed by atoms with van der Waals surface area (Å²) in [5.74, 6) is 1.47. The minimum Gasteiger partial charge on any atom is -0.356 e. The van der Waals surface area contributed by atoms with Gasteiger partial charge in [0.1, 0.15) is 5.82 Å². The fourth-order valence-electron chi connectivity index (χ4n) is 4.12. The van der Waals surface area contributed by atoms with Crippen molar-refractivity contribution in [3.8, 4) is 0 Å². The molecule has 1 saturated heterocycles. The Morgan fingerprint density at radius 3 is 2.77 bits per heavy atom. The quantitative estimate of drug-likeness (QED) is 0.542. The lowest BCUT2D eigenvalue weighted by Gasteiger charge is -2.27. The summed E-state index contributed by atoms with van der Waals surface area (Å²) in [4.78, 5) is 12.3. The Morgan fingerprint density at radius 1 is 1.31 bits per heavy atom. The molecule has 1 amide bonds. The van der Waals surface area contributed by atoms with Crippen LogP contribution in [0.3, 0.4) is 0 Å². The van der Waals surface area contributed by atoms with Gasteiger partial charge in [-0.25, -0.2) is 0 Å². The summed E-state index contributed by atoms with van der Waals surface area (Å²) in [5, 5.41) is 16.3. The smallest absolute Gasteiger partial charge is 0.223 e. The molecule has 0 unspecified atom stereocenters. The summed E-state index contributed by atoms with van der Waals surface area (Å²) < 4.78 is 2.36. The molecule has 2 fully saturated rings. The van der Waals surface area contributed by atoms with Crippen LogP contribution in [0.4, 0.5) is 0 Å². The maximum atomic E-state index is 12.3. The molecule has 0 radical (unpaired) electrons. The van der Waals surface area contributed by atoms with Crippen LogP contribution in [0.1, 0.15) is 63.7 Å². The van der Waals surface area contributed by atoms with Gasteiger partial charge in [-0.15, -0.1) is 22.6 Å². The van der Waals surface area contributed by atoms with Crippen molar-refractivity contribution in [2.75, 3.05) is 19.3 Å². The van der Waals surface area contributed by atoms with Gasteiger partial charge >= 0.3 is 0 Å². The Morgan fingerprint density at radius 2 is 2.08 bits per heavy atom. The summed E-state index contributed by atoms with van der Waals surface area (Å²) in [6.07, 6.45) is 10.9. The van der Waals surface area contributed by atoms with Crippen molar-refractivity contribution in [2.24, 2.45) is 5.92 Å². The van der Waals surface area contributed by atoms with E-state index in [1.165, 1.54) is 25.7 Å². The first-order valence-electron chi connectivity index (χ1n) is 9.68. The number of thioether (sulfide) groups is 1. The number of aryl methyl sites for hydroxylation is 1. The third-order valence-corrected chi connectivity index (χ3v) is 6.12. The standard InChI is InChI=1S/C18H31N5OS.ClH/c1-13-12-14(9-11-19-13)17(24)20-10-5-8-16-21-22-18(25-2)23(16)15-6-3-4-7-15;/h13-15,19H,3-12H2,1-2H3,(H,20,24);1H/t13-,14-;/m0./s1. The van der Waals surface area contributed by atoms with Crippen LogP contribution in [0, 0.1) is 5.92 Å². The van der Waals surface area contributed by atoms with E-state index >= 15 is 0 Å². The Labute approximate surface area is 167 Å². The molecule has 6 nitrogen and oxygen atoms in total. The highest BCUT2D eigenvalue weighted by Crippen LogP contribution is 2.33. The number of amides is 1. The van der Waals surface area contributed by atoms with Crippen LogP contribution in [0.5, 0.6) is 0 Å². The summed E-state index contributed by atoms with van der Waals surface area (Å²) in [6, 6.07) is 1.01. The summed E-state index contributed by atoms with van der Waals surface area (Å²) in [7, 11) is 0.